The third-order valence-electron chi connectivity index (χ3n) is 5.08. The summed E-state index contributed by atoms with van der Waals surface area (Å²) in [7, 11) is -2.29. The molecular weight excluding hydrogens is 376 g/mol. The summed E-state index contributed by atoms with van der Waals surface area (Å²) < 4.78 is 33.0. The van der Waals surface area contributed by atoms with Gasteiger partial charge in [0, 0.05) is 19.2 Å². The largest absolute Gasteiger partial charge is 0.497 e. The summed E-state index contributed by atoms with van der Waals surface area (Å²) in [5.41, 5.74) is 2.76. The van der Waals surface area contributed by atoms with Crippen LogP contribution in [0.3, 0.4) is 0 Å². The van der Waals surface area contributed by atoms with Gasteiger partial charge in [-0.15, -0.1) is 0 Å². The molecule has 150 valence electrons. The maximum Gasteiger partial charge on any atom is 0.244 e. The number of benzene rings is 2. The van der Waals surface area contributed by atoms with Crippen LogP contribution in [0, 0.1) is 13.8 Å². The first-order valence-electron chi connectivity index (χ1n) is 9.32. The molecule has 1 saturated heterocycles. The Morgan fingerprint density at radius 2 is 1.89 bits per heavy atom. The predicted octanol–water partition coefficient (Wildman–Crippen LogP) is 2.78. The van der Waals surface area contributed by atoms with Crippen molar-refractivity contribution < 1.29 is 17.9 Å². The lowest BCUT2D eigenvalue weighted by molar-refractivity contribution is -0.124. The average Bonchev–Trinajstić information content (AvgIpc) is 3.18. The highest BCUT2D eigenvalue weighted by Crippen LogP contribution is 2.30. The zero-order chi connectivity index (χ0) is 20.3. The van der Waals surface area contributed by atoms with E-state index in [2.05, 4.69) is 5.32 Å². The lowest BCUT2D eigenvalue weighted by Crippen LogP contribution is -2.45. The van der Waals surface area contributed by atoms with E-state index in [1.165, 1.54) is 17.5 Å². The van der Waals surface area contributed by atoms with Gasteiger partial charge >= 0.3 is 0 Å². The van der Waals surface area contributed by atoms with Gasteiger partial charge in [-0.3, -0.25) is 4.79 Å². The number of methoxy groups -OCH3 is 1. The van der Waals surface area contributed by atoms with E-state index in [1.807, 2.05) is 31.2 Å². The Bertz CT molecular complexity index is 955. The SMILES string of the molecule is COc1ccc(C)c(S(=O)(=O)N2CCC[C@@H]2C(=O)NCc2ccc(C)cc2)c1. The van der Waals surface area contributed by atoms with Gasteiger partial charge in [-0.1, -0.05) is 35.9 Å². The maximum atomic E-state index is 13.2. The molecule has 6 nitrogen and oxygen atoms in total. The number of amides is 1. The van der Waals surface area contributed by atoms with Crippen LogP contribution < -0.4 is 10.1 Å². The molecule has 1 fully saturated rings. The van der Waals surface area contributed by atoms with Crippen molar-refractivity contribution in [3.05, 3.63) is 59.2 Å². The minimum Gasteiger partial charge on any atom is -0.497 e. The Morgan fingerprint density at radius 1 is 1.18 bits per heavy atom. The molecule has 1 atom stereocenters. The van der Waals surface area contributed by atoms with E-state index in [4.69, 9.17) is 4.74 Å². The Morgan fingerprint density at radius 3 is 2.57 bits per heavy atom. The van der Waals surface area contributed by atoms with Crippen LogP contribution in [-0.2, 0) is 21.4 Å². The number of aryl methyl sites for hydroxylation is 2. The highest BCUT2D eigenvalue weighted by atomic mass is 32.2. The van der Waals surface area contributed by atoms with Crippen molar-refractivity contribution in [1.29, 1.82) is 0 Å². The third kappa shape index (κ3) is 4.20. The molecule has 1 aliphatic rings. The average molecular weight is 403 g/mol. The van der Waals surface area contributed by atoms with Crippen LogP contribution >= 0.6 is 0 Å². The van der Waals surface area contributed by atoms with Crippen molar-refractivity contribution >= 4 is 15.9 Å². The second-order valence-corrected chi connectivity index (χ2v) is 8.97. The standard InChI is InChI=1S/C21H26N2O4S/c1-15-6-9-17(10-7-15)14-22-21(24)19-5-4-12-23(19)28(25,26)20-13-18(27-3)11-8-16(20)2/h6-11,13,19H,4-5,12,14H2,1-3H3,(H,22,24)/t19-/m1/s1. The van der Waals surface area contributed by atoms with Crippen LogP contribution in [0.2, 0.25) is 0 Å². The van der Waals surface area contributed by atoms with Gasteiger partial charge in [-0.2, -0.15) is 4.31 Å². The van der Waals surface area contributed by atoms with Gasteiger partial charge < -0.3 is 10.1 Å². The molecule has 0 unspecified atom stereocenters. The van der Waals surface area contributed by atoms with Crippen molar-refractivity contribution in [3.8, 4) is 5.75 Å². The monoisotopic (exact) mass is 402 g/mol. The lowest BCUT2D eigenvalue weighted by atomic mass is 10.1. The minimum atomic E-state index is -3.79. The van der Waals surface area contributed by atoms with E-state index >= 15 is 0 Å². The first kappa shape index (κ1) is 20.4. The molecule has 0 saturated carbocycles. The number of carbonyl (C=O) groups is 1. The molecule has 0 bridgehead atoms. The normalized spacial score (nSPS) is 17.5. The number of hydrogen-bond acceptors (Lipinski definition) is 4. The van der Waals surface area contributed by atoms with Crippen molar-refractivity contribution in [1.82, 2.24) is 9.62 Å². The second kappa shape index (κ2) is 8.32. The van der Waals surface area contributed by atoms with Crippen molar-refractivity contribution in [2.45, 2.75) is 44.2 Å². The number of sulfonamides is 1. The van der Waals surface area contributed by atoms with Crippen LogP contribution in [0.15, 0.2) is 47.4 Å². The third-order valence-corrected chi connectivity index (χ3v) is 7.13. The summed E-state index contributed by atoms with van der Waals surface area (Å²) in [5, 5.41) is 2.88. The molecule has 1 N–H and O–H groups in total. The van der Waals surface area contributed by atoms with E-state index < -0.39 is 16.1 Å². The molecule has 0 aromatic heterocycles. The minimum absolute atomic E-state index is 0.185. The topological polar surface area (TPSA) is 75.7 Å². The number of nitrogens with one attached hydrogen (secondary N) is 1. The van der Waals surface area contributed by atoms with Gasteiger partial charge in [0.15, 0.2) is 0 Å². The van der Waals surface area contributed by atoms with E-state index in [9.17, 15) is 13.2 Å². The molecule has 0 aliphatic carbocycles. The van der Waals surface area contributed by atoms with Gasteiger partial charge in [0.25, 0.3) is 0 Å². The maximum absolute atomic E-state index is 13.2. The zero-order valence-corrected chi connectivity index (χ0v) is 17.3. The Hall–Kier alpha value is -2.38. The van der Waals surface area contributed by atoms with Crippen molar-refractivity contribution in [2.75, 3.05) is 13.7 Å². The van der Waals surface area contributed by atoms with Crippen molar-refractivity contribution in [2.24, 2.45) is 0 Å². The molecule has 2 aromatic carbocycles. The fourth-order valence-corrected chi connectivity index (χ4v) is 5.31. The summed E-state index contributed by atoms with van der Waals surface area (Å²) in [4.78, 5) is 12.9. The molecule has 0 radical (unpaired) electrons. The number of nitrogens with zero attached hydrogens (tertiary/aromatic N) is 1. The summed E-state index contributed by atoms with van der Waals surface area (Å²) in [6.45, 7) is 4.46. The molecule has 2 aromatic rings. The lowest BCUT2D eigenvalue weighted by Gasteiger charge is -2.24. The summed E-state index contributed by atoms with van der Waals surface area (Å²) in [5.74, 6) is 0.214. The molecule has 1 aliphatic heterocycles. The number of ether oxygens (including phenoxy) is 1. The van der Waals surface area contributed by atoms with E-state index in [-0.39, 0.29) is 10.8 Å². The number of rotatable bonds is 6. The summed E-state index contributed by atoms with van der Waals surface area (Å²) in [6.07, 6.45) is 1.17. The summed E-state index contributed by atoms with van der Waals surface area (Å²) >= 11 is 0. The van der Waals surface area contributed by atoms with Gasteiger partial charge in [0.05, 0.1) is 12.0 Å². The molecule has 1 amide bonds. The van der Waals surface area contributed by atoms with Crippen LogP contribution in [0.1, 0.15) is 29.5 Å². The quantitative estimate of drug-likeness (QED) is 0.806. The van der Waals surface area contributed by atoms with Crippen LogP contribution in [0.25, 0.3) is 0 Å². The molecule has 7 heteroatoms. The number of carbonyl (C=O) groups excluding carboxylic acids is 1. The fraction of sp³-hybridized carbons (Fsp3) is 0.381. The van der Waals surface area contributed by atoms with Crippen LogP contribution in [0.4, 0.5) is 0 Å². The van der Waals surface area contributed by atoms with Gasteiger partial charge in [-0.05, 0) is 43.9 Å². The van der Waals surface area contributed by atoms with E-state index in [0.29, 0.717) is 37.2 Å². The first-order chi connectivity index (χ1) is 13.3. The Labute approximate surface area is 166 Å². The molecular formula is C21H26N2O4S. The van der Waals surface area contributed by atoms with E-state index in [1.54, 1.807) is 19.1 Å². The fourth-order valence-electron chi connectivity index (χ4n) is 3.41. The smallest absolute Gasteiger partial charge is 0.244 e. The summed E-state index contributed by atoms with van der Waals surface area (Å²) in [6, 6.07) is 12.2. The molecule has 3 rings (SSSR count). The zero-order valence-electron chi connectivity index (χ0n) is 16.4. The van der Waals surface area contributed by atoms with Gasteiger partial charge in [0.2, 0.25) is 15.9 Å². The van der Waals surface area contributed by atoms with Gasteiger partial charge in [-0.25, -0.2) is 8.42 Å². The van der Waals surface area contributed by atoms with Crippen LogP contribution in [-0.4, -0.2) is 38.3 Å². The van der Waals surface area contributed by atoms with Gasteiger partial charge in [0.1, 0.15) is 11.8 Å². The highest BCUT2D eigenvalue weighted by molar-refractivity contribution is 7.89. The molecule has 0 spiro atoms. The first-order valence-corrected chi connectivity index (χ1v) is 10.8. The molecule has 1 heterocycles. The second-order valence-electron chi connectivity index (χ2n) is 7.11. The van der Waals surface area contributed by atoms with Crippen LogP contribution in [0.5, 0.6) is 5.75 Å². The number of hydrogen-bond donors (Lipinski definition) is 1. The van der Waals surface area contributed by atoms with Crippen molar-refractivity contribution in [3.63, 3.8) is 0 Å². The predicted molar refractivity (Wildman–Crippen MR) is 108 cm³/mol. The molecule has 28 heavy (non-hydrogen) atoms. The van der Waals surface area contributed by atoms with E-state index in [0.717, 1.165) is 11.1 Å². The highest BCUT2D eigenvalue weighted by Gasteiger charge is 2.40. The Balaban J connectivity index is 1.77. The Kier molecular flexibility index (Phi) is 6.05.